The van der Waals surface area contributed by atoms with Gasteiger partial charge in [-0.3, -0.25) is 0 Å². The van der Waals surface area contributed by atoms with Crippen molar-refractivity contribution in [3.05, 3.63) is 63.9 Å². The van der Waals surface area contributed by atoms with E-state index in [0.29, 0.717) is 17.1 Å². The predicted molar refractivity (Wildman–Crippen MR) is 84.7 cm³/mol. The van der Waals surface area contributed by atoms with Gasteiger partial charge in [0.05, 0.1) is 13.2 Å². The second-order valence-electron chi connectivity index (χ2n) is 4.86. The highest BCUT2D eigenvalue weighted by atomic mass is 35.5. The van der Waals surface area contributed by atoms with Crippen LogP contribution in [0, 0.1) is 12.7 Å². The zero-order valence-corrected chi connectivity index (χ0v) is 13.2. The van der Waals surface area contributed by atoms with Gasteiger partial charge in [0, 0.05) is 10.6 Å². The first kappa shape index (κ1) is 15.8. The van der Waals surface area contributed by atoms with E-state index in [9.17, 15) is 4.39 Å². The number of methoxy groups -OCH3 is 1. The Kier molecular flexibility index (Phi) is 5.21. The molecule has 2 nitrogen and oxygen atoms in total. The van der Waals surface area contributed by atoms with Crippen molar-refractivity contribution in [3.8, 4) is 5.75 Å². The predicted octanol–water partition coefficient (Wildman–Crippen LogP) is 4.50. The number of ether oxygens (including phenoxy) is 1. The Morgan fingerprint density at radius 1 is 1.29 bits per heavy atom. The first-order valence-electron chi connectivity index (χ1n) is 6.90. The molecule has 0 aromatic heterocycles. The van der Waals surface area contributed by atoms with Crippen LogP contribution in [0.2, 0.25) is 5.02 Å². The van der Waals surface area contributed by atoms with Gasteiger partial charge >= 0.3 is 0 Å². The second kappa shape index (κ2) is 6.92. The molecule has 1 unspecified atom stereocenters. The lowest BCUT2D eigenvalue weighted by atomic mass is 9.97. The minimum Gasteiger partial charge on any atom is -0.494 e. The number of rotatable bonds is 5. The van der Waals surface area contributed by atoms with Gasteiger partial charge in [-0.05, 0) is 36.7 Å². The minimum atomic E-state index is -0.345. The van der Waals surface area contributed by atoms with Gasteiger partial charge in [-0.2, -0.15) is 0 Å². The van der Waals surface area contributed by atoms with Gasteiger partial charge in [0.15, 0.2) is 11.6 Å². The molecule has 0 aliphatic carbocycles. The third kappa shape index (κ3) is 3.36. The standard InChI is InChI=1S/C17H19ClFNO/c1-4-20-17(12-9-8-11(2)14(18)10-12)13-6-5-7-15(21-3)16(13)19/h5-10,17,20H,4H2,1-3H3. The van der Waals surface area contributed by atoms with E-state index >= 15 is 0 Å². The summed E-state index contributed by atoms with van der Waals surface area (Å²) in [4.78, 5) is 0. The fourth-order valence-corrected chi connectivity index (χ4v) is 2.50. The molecule has 0 bridgehead atoms. The maximum atomic E-state index is 14.5. The fourth-order valence-electron chi connectivity index (χ4n) is 2.31. The van der Waals surface area contributed by atoms with Gasteiger partial charge in [0.2, 0.25) is 0 Å². The van der Waals surface area contributed by atoms with Gasteiger partial charge in [0.25, 0.3) is 0 Å². The Hall–Kier alpha value is -1.58. The summed E-state index contributed by atoms with van der Waals surface area (Å²) in [5.74, 6) is -0.101. The van der Waals surface area contributed by atoms with Crippen molar-refractivity contribution in [1.29, 1.82) is 0 Å². The molecule has 21 heavy (non-hydrogen) atoms. The van der Waals surface area contributed by atoms with Crippen LogP contribution >= 0.6 is 11.6 Å². The molecule has 2 aromatic carbocycles. The van der Waals surface area contributed by atoms with Crippen LogP contribution in [-0.4, -0.2) is 13.7 Å². The molecule has 0 spiro atoms. The van der Waals surface area contributed by atoms with Crippen molar-refractivity contribution < 1.29 is 9.13 Å². The van der Waals surface area contributed by atoms with E-state index in [-0.39, 0.29) is 17.6 Å². The Bertz CT molecular complexity index is 630. The molecule has 0 saturated heterocycles. The smallest absolute Gasteiger partial charge is 0.170 e. The monoisotopic (exact) mass is 307 g/mol. The van der Waals surface area contributed by atoms with Crippen LogP contribution in [0.4, 0.5) is 4.39 Å². The highest BCUT2D eigenvalue weighted by Gasteiger charge is 2.20. The van der Waals surface area contributed by atoms with E-state index in [1.165, 1.54) is 7.11 Å². The fraction of sp³-hybridized carbons (Fsp3) is 0.294. The van der Waals surface area contributed by atoms with Gasteiger partial charge in [0.1, 0.15) is 0 Å². The van der Waals surface area contributed by atoms with Crippen LogP contribution in [0.5, 0.6) is 5.75 Å². The van der Waals surface area contributed by atoms with Crippen LogP contribution < -0.4 is 10.1 Å². The molecule has 1 atom stereocenters. The molecule has 2 aromatic rings. The van der Waals surface area contributed by atoms with E-state index in [1.807, 2.05) is 32.0 Å². The molecule has 1 N–H and O–H groups in total. The summed E-state index contributed by atoms with van der Waals surface area (Å²) in [6, 6.07) is 10.7. The summed E-state index contributed by atoms with van der Waals surface area (Å²) in [7, 11) is 1.47. The highest BCUT2D eigenvalue weighted by molar-refractivity contribution is 6.31. The summed E-state index contributed by atoms with van der Waals surface area (Å²) in [6.45, 7) is 4.65. The van der Waals surface area contributed by atoms with Gasteiger partial charge in [-0.1, -0.05) is 42.8 Å². The van der Waals surface area contributed by atoms with Crippen LogP contribution in [0.15, 0.2) is 36.4 Å². The molecule has 4 heteroatoms. The molecule has 2 rings (SSSR count). The van der Waals surface area contributed by atoms with Crippen molar-refractivity contribution in [2.75, 3.05) is 13.7 Å². The highest BCUT2D eigenvalue weighted by Crippen LogP contribution is 2.31. The molecule has 0 heterocycles. The molecular weight excluding hydrogens is 289 g/mol. The quantitative estimate of drug-likeness (QED) is 0.878. The van der Waals surface area contributed by atoms with Crippen LogP contribution in [0.3, 0.4) is 0 Å². The summed E-state index contributed by atoms with van der Waals surface area (Å²) in [5, 5.41) is 3.98. The van der Waals surface area contributed by atoms with E-state index in [0.717, 1.165) is 11.1 Å². The number of benzene rings is 2. The van der Waals surface area contributed by atoms with Crippen LogP contribution in [-0.2, 0) is 0 Å². The van der Waals surface area contributed by atoms with Gasteiger partial charge in [-0.25, -0.2) is 4.39 Å². The average Bonchev–Trinajstić information content (AvgIpc) is 2.48. The first-order chi connectivity index (χ1) is 10.1. The van der Waals surface area contributed by atoms with E-state index in [2.05, 4.69) is 5.32 Å². The van der Waals surface area contributed by atoms with Crippen molar-refractivity contribution in [1.82, 2.24) is 5.32 Å². The lowest BCUT2D eigenvalue weighted by Gasteiger charge is -2.21. The summed E-state index contributed by atoms with van der Waals surface area (Å²) in [6.07, 6.45) is 0. The third-order valence-corrected chi connectivity index (χ3v) is 3.87. The van der Waals surface area contributed by atoms with Crippen molar-refractivity contribution in [2.24, 2.45) is 0 Å². The molecule has 0 aliphatic heterocycles. The molecular formula is C17H19ClFNO. The first-order valence-corrected chi connectivity index (χ1v) is 7.28. The maximum Gasteiger partial charge on any atom is 0.170 e. The Morgan fingerprint density at radius 2 is 2.05 bits per heavy atom. The molecule has 0 aliphatic rings. The third-order valence-electron chi connectivity index (χ3n) is 3.46. The van der Waals surface area contributed by atoms with Gasteiger partial charge < -0.3 is 10.1 Å². The lowest BCUT2D eigenvalue weighted by molar-refractivity contribution is 0.382. The van der Waals surface area contributed by atoms with Crippen LogP contribution in [0.1, 0.15) is 29.7 Å². The zero-order chi connectivity index (χ0) is 15.4. The lowest BCUT2D eigenvalue weighted by Crippen LogP contribution is -2.23. The maximum absolute atomic E-state index is 14.5. The zero-order valence-electron chi connectivity index (χ0n) is 12.4. The van der Waals surface area contributed by atoms with Crippen molar-refractivity contribution in [3.63, 3.8) is 0 Å². The molecule has 112 valence electrons. The topological polar surface area (TPSA) is 21.3 Å². The molecule has 0 fully saturated rings. The number of aryl methyl sites for hydroxylation is 1. The van der Waals surface area contributed by atoms with Crippen molar-refractivity contribution >= 4 is 11.6 Å². The number of halogens is 2. The SMILES string of the molecule is CCNC(c1ccc(C)c(Cl)c1)c1cccc(OC)c1F. The molecule has 0 radical (unpaired) electrons. The Morgan fingerprint density at radius 3 is 2.67 bits per heavy atom. The minimum absolute atomic E-state index is 0.244. The normalized spacial score (nSPS) is 12.2. The Balaban J connectivity index is 2.50. The van der Waals surface area contributed by atoms with E-state index in [1.54, 1.807) is 18.2 Å². The number of hydrogen-bond donors (Lipinski definition) is 1. The van der Waals surface area contributed by atoms with Crippen molar-refractivity contribution in [2.45, 2.75) is 19.9 Å². The Labute approximate surface area is 129 Å². The summed E-state index contributed by atoms with van der Waals surface area (Å²) in [5.41, 5.74) is 2.48. The second-order valence-corrected chi connectivity index (χ2v) is 5.27. The molecule has 0 amide bonds. The van der Waals surface area contributed by atoms with E-state index < -0.39 is 0 Å². The number of nitrogens with one attached hydrogen (secondary N) is 1. The summed E-state index contributed by atoms with van der Waals surface area (Å²) >= 11 is 6.20. The largest absolute Gasteiger partial charge is 0.494 e. The van der Waals surface area contributed by atoms with Crippen LogP contribution in [0.25, 0.3) is 0 Å². The summed E-state index contributed by atoms with van der Waals surface area (Å²) < 4.78 is 19.6. The van der Waals surface area contributed by atoms with E-state index in [4.69, 9.17) is 16.3 Å². The number of hydrogen-bond acceptors (Lipinski definition) is 2. The molecule has 0 saturated carbocycles. The average molecular weight is 308 g/mol. The van der Waals surface area contributed by atoms with Gasteiger partial charge in [-0.15, -0.1) is 0 Å².